The van der Waals surface area contributed by atoms with Crippen LogP contribution < -0.4 is 4.90 Å². The van der Waals surface area contributed by atoms with Crippen LogP contribution in [0.25, 0.3) is 0 Å². The summed E-state index contributed by atoms with van der Waals surface area (Å²) in [5.41, 5.74) is 0.689. The molecule has 3 nitrogen and oxygen atoms in total. The van der Waals surface area contributed by atoms with Crippen LogP contribution >= 0.6 is 11.6 Å². The van der Waals surface area contributed by atoms with E-state index in [1.807, 2.05) is 11.0 Å². The first kappa shape index (κ1) is 15.7. The molecule has 1 heterocycles. The smallest absolute Gasteiger partial charge is 0.258 e. The summed E-state index contributed by atoms with van der Waals surface area (Å²) >= 11 is 5.95. The summed E-state index contributed by atoms with van der Waals surface area (Å²) in [6.45, 7) is 1.97. The Kier molecular flexibility index (Phi) is 4.48. The maximum Gasteiger partial charge on any atom is 0.258 e. The standard InChI is InChI=1S/C17H15ClF2N2O/c18-14-5-2-6-15(20)16(14)17(23)22-9-7-21(8-10-22)13-4-1-3-12(19)11-13/h1-6,11H,7-10H2. The van der Waals surface area contributed by atoms with Crippen molar-refractivity contribution in [1.82, 2.24) is 4.90 Å². The Hall–Kier alpha value is -2.14. The molecule has 1 aliphatic rings. The molecule has 0 aliphatic carbocycles. The van der Waals surface area contributed by atoms with E-state index in [0.29, 0.717) is 26.2 Å². The molecule has 23 heavy (non-hydrogen) atoms. The first-order valence-corrected chi connectivity index (χ1v) is 7.68. The van der Waals surface area contributed by atoms with Crippen LogP contribution in [0.3, 0.4) is 0 Å². The number of benzene rings is 2. The zero-order valence-electron chi connectivity index (χ0n) is 12.3. The lowest BCUT2D eigenvalue weighted by molar-refractivity contribution is 0.0742. The number of carbonyl (C=O) groups excluding carboxylic acids is 1. The molecule has 1 fully saturated rings. The molecule has 0 bridgehead atoms. The number of nitrogens with zero attached hydrogens (tertiary/aromatic N) is 2. The van der Waals surface area contributed by atoms with Crippen molar-refractivity contribution < 1.29 is 13.6 Å². The van der Waals surface area contributed by atoms with Crippen molar-refractivity contribution in [2.45, 2.75) is 0 Å². The van der Waals surface area contributed by atoms with Crippen LogP contribution in [0.15, 0.2) is 42.5 Å². The highest BCUT2D eigenvalue weighted by molar-refractivity contribution is 6.33. The largest absolute Gasteiger partial charge is 0.368 e. The Morgan fingerprint density at radius 1 is 1.00 bits per heavy atom. The van der Waals surface area contributed by atoms with E-state index in [4.69, 9.17) is 11.6 Å². The van der Waals surface area contributed by atoms with Gasteiger partial charge in [0.1, 0.15) is 11.6 Å². The molecular weight excluding hydrogens is 322 g/mol. The third-order valence-electron chi connectivity index (χ3n) is 3.92. The van der Waals surface area contributed by atoms with E-state index < -0.39 is 11.7 Å². The van der Waals surface area contributed by atoms with Gasteiger partial charge in [-0.05, 0) is 30.3 Å². The fraction of sp³-hybridized carbons (Fsp3) is 0.235. The van der Waals surface area contributed by atoms with Gasteiger partial charge in [-0.3, -0.25) is 4.79 Å². The summed E-state index contributed by atoms with van der Waals surface area (Å²) < 4.78 is 27.1. The zero-order valence-corrected chi connectivity index (χ0v) is 13.1. The molecule has 0 spiro atoms. The first-order valence-electron chi connectivity index (χ1n) is 7.30. The number of rotatable bonds is 2. The summed E-state index contributed by atoms with van der Waals surface area (Å²) in [5.74, 6) is -1.32. The molecule has 0 saturated carbocycles. The van der Waals surface area contributed by atoms with Crippen LogP contribution in [0.2, 0.25) is 5.02 Å². The number of hydrogen-bond acceptors (Lipinski definition) is 2. The Balaban J connectivity index is 1.70. The molecule has 0 unspecified atom stereocenters. The maximum atomic E-state index is 13.9. The van der Waals surface area contributed by atoms with Crippen molar-refractivity contribution in [3.05, 3.63) is 64.7 Å². The molecule has 0 aromatic heterocycles. The molecule has 0 atom stereocenters. The Morgan fingerprint density at radius 2 is 1.70 bits per heavy atom. The Morgan fingerprint density at radius 3 is 2.35 bits per heavy atom. The van der Waals surface area contributed by atoms with E-state index in [-0.39, 0.29) is 16.4 Å². The average molecular weight is 337 g/mol. The number of halogens is 3. The second kappa shape index (κ2) is 6.54. The van der Waals surface area contributed by atoms with E-state index >= 15 is 0 Å². The second-order valence-electron chi connectivity index (χ2n) is 5.36. The van der Waals surface area contributed by atoms with Gasteiger partial charge in [-0.1, -0.05) is 23.7 Å². The van der Waals surface area contributed by atoms with Crippen LogP contribution in [0.4, 0.5) is 14.5 Å². The number of carbonyl (C=O) groups is 1. The van der Waals surface area contributed by atoms with Crippen LogP contribution in [0.5, 0.6) is 0 Å². The number of amides is 1. The summed E-state index contributed by atoms with van der Waals surface area (Å²) in [6, 6.07) is 10.5. The third kappa shape index (κ3) is 3.29. The van der Waals surface area contributed by atoms with Crippen LogP contribution in [-0.4, -0.2) is 37.0 Å². The monoisotopic (exact) mass is 336 g/mol. The normalized spacial score (nSPS) is 14.9. The highest BCUT2D eigenvalue weighted by Gasteiger charge is 2.26. The minimum atomic E-state index is -0.616. The molecule has 1 aliphatic heterocycles. The van der Waals surface area contributed by atoms with Crippen molar-refractivity contribution >= 4 is 23.2 Å². The highest BCUT2D eigenvalue weighted by atomic mass is 35.5. The van der Waals surface area contributed by atoms with Gasteiger partial charge in [0.2, 0.25) is 0 Å². The third-order valence-corrected chi connectivity index (χ3v) is 4.23. The minimum absolute atomic E-state index is 0.0895. The Labute approximate surface area is 138 Å². The maximum absolute atomic E-state index is 13.9. The summed E-state index contributed by atoms with van der Waals surface area (Å²) in [5, 5.41) is 0.113. The van der Waals surface area contributed by atoms with Crippen molar-refractivity contribution in [1.29, 1.82) is 0 Å². The summed E-state index contributed by atoms with van der Waals surface area (Å²) in [6.07, 6.45) is 0. The van der Waals surface area contributed by atoms with Crippen molar-refractivity contribution in [3.63, 3.8) is 0 Å². The van der Waals surface area contributed by atoms with Gasteiger partial charge in [-0.25, -0.2) is 8.78 Å². The predicted octanol–water partition coefficient (Wildman–Crippen LogP) is 3.58. The molecule has 2 aromatic carbocycles. The van der Waals surface area contributed by atoms with E-state index in [1.54, 1.807) is 11.0 Å². The molecule has 2 aromatic rings. The molecule has 1 amide bonds. The van der Waals surface area contributed by atoms with Gasteiger partial charge < -0.3 is 9.80 Å². The average Bonchev–Trinajstić information content (AvgIpc) is 2.55. The van der Waals surface area contributed by atoms with Crippen molar-refractivity contribution in [3.8, 4) is 0 Å². The molecule has 6 heteroatoms. The lowest BCUT2D eigenvalue weighted by atomic mass is 10.1. The molecule has 1 saturated heterocycles. The molecule has 0 N–H and O–H groups in total. The first-order chi connectivity index (χ1) is 11.1. The minimum Gasteiger partial charge on any atom is -0.368 e. The van der Waals surface area contributed by atoms with Gasteiger partial charge in [-0.15, -0.1) is 0 Å². The van der Waals surface area contributed by atoms with Gasteiger partial charge in [0.05, 0.1) is 10.6 Å². The van der Waals surface area contributed by atoms with E-state index in [0.717, 1.165) is 5.69 Å². The van der Waals surface area contributed by atoms with Crippen molar-refractivity contribution in [2.75, 3.05) is 31.1 Å². The van der Waals surface area contributed by atoms with Crippen molar-refractivity contribution in [2.24, 2.45) is 0 Å². The van der Waals surface area contributed by atoms with Gasteiger partial charge in [-0.2, -0.15) is 0 Å². The van der Waals surface area contributed by atoms with E-state index in [2.05, 4.69) is 0 Å². The Bertz CT molecular complexity index is 710. The topological polar surface area (TPSA) is 23.6 Å². The van der Waals surface area contributed by atoms with Gasteiger partial charge >= 0.3 is 0 Å². The zero-order chi connectivity index (χ0) is 16.4. The number of piperazine rings is 1. The molecular formula is C17H15ClF2N2O. The van der Waals surface area contributed by atoms with E-state index in [9.17, 15) is 13.6 Å². The van der Waals surface area contributed by atoms with E-state index in [1.165, 1.54) is 30.3 Å². The summed E-state index contributed by atoms with van der Waals surface area (Å²) in [7, 11) is 0. The fourth-order valence-electron chi connectivity index (χ4n) is 2.70. The molecule has 120 valence electrons. The van der Waals surface area contributed by atoms with Crippen LogP contribution in [0, 0.1) is 11.6 Å². The molecule has 3 rings (SSSR count). The number of anilines is 1. The lowest BCUT2D eigenvalue weighted by Crippen LogP contribution is -2.49. The lowest BCUT2D eigenvalue weighted by Gasteiger charge is -2.36. The summed E-state index contributed by atoms with van der Waals surface area (Å²) in [4.78, 5) is 16.0. The van der Waals surface area contributed by atoms with Crippen LogP contribution in [0.1, 0.15) is 10.4 Å². The fourth-order valence-corrected chi connectivity index (χ4v) is 2.94. The second-order valence-corrected chi connectivity index (χ2v) is 5.76. The quantitative estimate of drug-likeness (QED) is 0.837. The highest BCUT2D eigenvalue weighted by Crippen LogP contribution is 2.23. The van der Waals surface area contributed by atoms with Gasteiger partial charge in [0.25, 0.3) is 5.91 Å². The van der Waals surface area contributed by atoms with Gasteiger partial charge in [0, 0.05) is 31.9 Å². The number of hydrogen-bond donors (Lipinski definition) is 0. The molecule has 0 radical (unpaired) electrons. The predicted molar refractivity (Wildman–Crippen MR) is 85.9 cm³/mol. The van der Waals surface area contributed by atoms with Gasteiger partial charge in [0.15, 0.2) is 0 Å². The van der Waals surface area contributed by atoms with Crippen LogP contribution in [-0.2, 0) is 0 Å². The SMILES string of the molecule is O=C(c1c(F)cccc1Cl)N1CCN(c2cccc(F)c2)CC1.